The van der Waals surface area contributed by atoms with Crippen molar-refractivity contribution in [3.05, 3.63) is 29.8 Å². The van der Waals surface area contributed by atoms with Crippen molar-refractivity contribution in [2.75, 3.05) is 24.7 Å². The van der Waals surface area contributed by atoms with Crippen LogP contribution < -0.4 is 4.90 Å². The Morgan fingerprint density at radius 3 is 2.72 bits per heavy atom. The molecule has 0 radical (unpaired) electrons. The summed E-state index contributed by atoms with van der Waals surface area (Å²) in [6.07, 6.45) is -4.42. The summed E-state index contributed by atoms with van der Waals surface area (Å²) in [5.74, 6) is 0. The molecule has 0 bridgehead atoms. The predicted molar refractivity (Wildman–Crippen MR) is 59.0 cm³/mol. The van der Waals surface area contributed by atoms with Crippen LogP contribution in [0.25, 0.3) is 0 Å². The summed E-state index contributed by atoms with van der Waals surface area (Å²) in [6, 6.07) is 6.58. The molecule has 1 aliphatic heterocycles. The number of nitrogens with zero attached hydrogens (tertiary/aromatic N) is 2. The van der Waals surface area contributed by atoms with E-state index in [-0.39, 0.29) is 18.8 Å². The predicted octanol–water partition coefficient (Wildman–Crippen LogP) is 2.43. The average Bonchev–Trinajstić information content (AvgIpc) is 2.37. The first-order valence-corrected chi connectivity index (χ1v) is 5.44. The van der Waals surface area contributed by atoms with Gasteiger partial charge in [0.05, 0.1) is 30.5 Å². The van der Waals surface area contributed by atoms with Crippen LogP contribution in [0.2, 0.25) is 0 Å². The number of ether oxygens (including phenoxy) is 1. The Morgan fingerprint density at radius 1 is 1.33 bits per heavy atom. The first kappa shape index (κ1) is 12.7. The number of para-hydroxylation sites is 1. The van der Waals surface area contributed by atoms with Crippen LogP contribution in [0.3, 0.4) is 0 Å². The minimum Gasteiger partial charge on any atom is -0.376 e. The normalized spacial score (nSPS) is 20.6. The second-order valence-electron chi connectivity index (χ2n) is 3.93. The Labute approximate surface area is 102 Å². The summed E-state index contributed by atoms with van der Waals surface area (Å²) in [5.41, 5.74) is -0.674. The van der Waals surface area contributed by atoms with E-state index in [9.17, 15) is 13.2 Å². The van der Waals surface area contributed by atoms with E-state index < -0.39 is 17.8 Å². The van der Waals surface area contributed by atoms with E-state index in [2.05, 4.69) is 0 Å². The Balaban J connectivity index is 2.41. The number of benzene rings is 1. The van der Waals surface area contributed by atoms with Crippen LogP contribution >= 0.6 is 0 Å². The maximum atomic E-state index is 12.9. The molecule has 1 aromatic carbocycles. The third kappa shape index (κ3) is 2.41. The van der Waals surface area contributed by atoms with Gasteiger partial charge in [0, 0.05) is 6.54 Å². The third-order valence-electron chi connectivity index (χ3n) is 2.80. The van der Waals surface area contributed by atoms with E-state index in [1.54, 1.807) is 0 Å². The molecular weight excluding hydrogens is 245 g/mol. The maximum absolute atomic E-state index is 12.9. The minimum absolute atomic E-state index is 0.0415. The minimum atomic E-state index is -4.42. The molecule has 18 heavy (non-hydrogen) atoms. The van der Waals surface area contributed by atoms with Crippen molar-refractivity contribution >= 4 is 5.69 Å². The number of hydrogen-bond donors (Lipinski definition) is 0. The molecule has 1 aliphatic rings. The number of anilines is 1. The summed E-state index contributed by atoms with van der Waals surface area (Å²) in [5, 5.41) is 8.96. The molecule has 1 unspecified atom stereocenters. The smallest absolute Gasteiger partial charge is 0.376 e. The molecule has 0 aromatic heterocycles. The molecular formula is C12H11F3N2O. The van der Waals surface area contributed by atoms with E-state index >= 15 is 0 Å². The Morgan fingerprint density at radius 2 is 2.06 bits per heavy atom. The van der Waals surface area contributed by atoms with Crippen LogP contribution in [0.1, 0.15) is 5.56 Å². The zero-order chi connectivity index (χ0) is 13.2. The molecule has 3 nitrogen and oxygen atoms in total. The quantitative estimate of drug-likeness (QED) is 0.774. The fourth-order valence-electron chi connectivity index (χ4n) is 1.96. The number of rotatable bonds is 1. The van der Waals surface area contributed by atoms with Crippen molar-refractivity contribution in [1.82, 2.24) is 0 Å². The van der Waals surface area contributed by atoms with Gasteiger partial charge < -0.3 is 9.64 Å². The molecule has 6 heteroatoms. The zero-order valence-corrected chi connectivity index (χ0v) is 9.44. The molecule has 1 atom stereocenters. The van der Waals surface area contributed by atoms with Crippen molar-refractivity contribution in [2.45, 2.75) is 12.2 Å². The third-order valence-corrected chi connectivity index (χ3v) is 2.80. The first-order chi connectivity index (χ1) is 8.54. The Hall–Kier alpha value is -1.74. The number of alkyl halides is 3. The molecule has 0 spiro atoms. The zero-order valence-electron chi connectivity index (χ0n) is 9.44. The van der Waals surface area contributed by atoms with Crippen LogP contribution in [0.15, 0.2) is 24.3 Å². The van der Waals surface area contributed by atoms with E-state index in [1.165, 1.54) is 23.1 Å². The number of morpholine rings is 1. The molecule has 1 heterocycles. The Kier molecular flexibility index (Phi) is 3.43. The van der Waals surface area contributed by atoms with Gasteiger partial charge in [0.1, 0.15) is 6.04 Å². The van der Waals surface area contributed by atoms with Gasteiger partial charge in [-0.05, 0) is 12.1 Å². The van der Waals surface area contributed by atoms with Crippen molar-refractivity contribution < 1.29 is 17.9 Å². The topological polar surface area (TPSA) is 36.3 Å². The second-order valence-corrected chi connectivity index (χ2v) is 3.93. The molecule has 0 saturated carbocycles. The lowest BCUT2D eigenvalue weighted by Gasteiger charge is -2.34. The van der Waals surface area contributed by atoms with Gasteiger partial charge in [-0.2, -0.15) is 18.4 Å². The fourth-order valence-corrected chi connectivity index (χ4v) is 1.96. The highest BCUT2D eigenvalue weighted by Gasteiger charge is 2.36. The highest BCUT2D eigenvalue weighted by molar-refractivity contribution is 5.57. The molecule has 0 N–H and O–H groups in total. The molecule has 0 aliphatic carbocycles. The standard InChI is InChI=1S/C12H11F3N2O/c13-12(14,15)10-3-1-2-4-11(10)17-5-6-18-8-9(17)7-16/h1-4,9H,5-6,8H2. The van der Waals surface area contributed by atoms with E-state index in [1.807, 2.05) is 6.07 Å². The van der Waals surface area contributed by atoms with Gasteiger partial charge in [0.2, 0.25) is 0 Å². The Bertz CT molecular complexity index is 467. The molecule has 1 aromatic rings. The number of hydrogen-bond acceptors (Lipinski definition) is 3. The van der Waals surface area contributed by atoms with Gasteiger partial charge in [-0.15, -0.1) is 0 Å². The molecule has 1 fully saturated rings. The maximum Gasteiger partial charge on any atom is 0.418 e. The SMILES string of the molecule is N#CC1COCCN1c1ccccc1C(F)(F)F. The van der Waals surface area contributed by atoms with Crippen LogP contribution in [0, 0.1) is 11.3 Å². The molecule has 96 valence electrons. The lowest BCUT2D eigenvalue weighted by Crippen LogP contribution is -2.45. The van der Waals surface area contributed by atoms with E-state index in [4.69, 9.17) is 10.00 Å². The summed E-state index contributed by atoms with van der Waals surface area (Å²) >= 11 is 0. The highest BCUT2D eigenvalue weighted by atomic mass is 19.4. The highest BCUT2D eigenvalue weighted by Crippen LogP contribution is 2.37. The summed E-state index contributed by atoms with van der Waals surface area (Å²) < 4.78 is 43.8. The van der Waals surface area contributed by atoms with Gasteiger partial charge in [-0.1, -0.05) is 12.1 Å². The lowest BCUT2D eigenvalue weighted by molar-refractivity contribution is -0.137. The van der Waals surface area contributed by atoms with Crippen LogP contribution in [0.5, 0.6) is 0 Å². The van der Waals surface area contributed by atoms with Crippen molar-refractivity contribution in [3.63, 3.8) is 0 Å². The van der Waals surface area contributed by atoms with Gasteiger partial charge in [-0.3, -0.25) is 0 Å². The van der Waals surface area contributed by atoms with E-state index in [0.29, 0.717) is 6.61 Å². The average molecular weight is 256 g/mol. The van der Waals surface area contributed by atoms with Gasteiger partial charge in [0.25, 0.3) is 0 Å². The van der Waals surface area contributed by atoms with Gasteiger partial charge in [-0.25, -0.2) is 0 Å². The largest absolute Gasteiger partial charge is 0.418 e. The van der Waals surface area contributed by atoms with Gasteiger partial charge in [0.15, 0.2) is 0 Å². The summed E-state index contributed by atoms with van der Waals surface area (Å²) in [4.78, 5) is 1.45. The molecule has 1 saturated heterocycles. The van der Waals surface area contributed by atoms with E-state index in [0.717, 1.165) is 6.07 Å². The van der Waals surface area contributed by atoms with Crippen LogP contribution in [-0.4, -0.2) is 25.8 Å². The fraction of sp³-hybridized carbons (Fsp3) is 0.417. The molecule has 0 amide bonds. The summed E-state index contributed by atoms with van der Waals surface area (Å²) in [6.45, 7) is 0.735. The van der Waals surface area contributed by atoms with Crippen LogP contribution in [0.4, 0.5) is 18.9 Å². The lowest BCUT2D eigenvalue weighted by atomic mass is 10.1. The van der Waals surface area contributed by atoms with Gasteiger partial charge >= 0.3 is 6.18 Å². The first-order valence-electron chi connectivity index (χ1n) is 5.44. The van der Waals surface area contributed by atoms with Crippen molar-refractivity contribution in [2.24, 2.45) is 0 Å². The summed E-state index contributed by atoms with van der Waals surface area (Å²) in [7, 11) is 0. The van der Waals surface area contributed by atoms with Crippen molar-refractivity contribution in [1.29, 1.82) is 5.26 Å². The second kappa shape index (κ2) is 4.86. The van der Waals surface area contributed by atoms with Crippen LogP contribution in [-0.2, 0) is 10.9 Å². The number of nitriles is 1. The number of halogens is 3. The van der Waals surface area contributed by atoms with Crippen molar-refractivity contribution in [3.8, 4) is 6.07 Å². The molecule has 2 rings (SSSR count). The monoisotopic (exact) mass is 256 g/mol.